The maximum atomic E-state index is 2.38. The van der Waals surface area contributed by atoms with E-state index in [0.717, 1.165) is 0 Å². The molecule has 0 amide bonds. The first-order valence-corrected chi connectivity index (χ1v) is 11.0. The third-order valence-electron chi connectivity index (χ3n) is 2.37. The lowest BCUT2D eigenvalue weighted by Crippen LogP contribution is -1.92. The van der Waals surface area contributed by atoms with E-state index in [1.807, 2.05) is 0 Å². The highest BCUT2D eigenvalue weighted by atomic mass is 32.5. The Labute approximate surface area is 83.2 Å². The molecular weight excluding hydrogens is 213 g/mol. The van der Waals surface area contributed by atoms with Gasteiger partial charge < -0.3 is 0 Å². The van der Waals surface area contributed by atoms with E-state index in [-0.39, 0.29) is 0 Å². The topological polar surface area (TPSA) is 0 Å². The van der Waals surface area contributed by atoms with Gasteiger partial charge in [-0.3, -0.25) is 0 Å². The van der Waals surface area contributed by atoms with Gasteiger partial charge in [0.15, 0.2) is 0 Å². The Kier molecular flexibility index (Phi) is 2.42. The third kappa shape index (κ3) is 1.97. The van der Waals surface area contributed by atoms with Crippen LogP contribution in [-0.4, -0.2) is 24.6 Å². The Hall–Kier alpha value is 0.510. The smallest absolute Gasteiger partial charge is 0.0154 e. The minimum atomic E-state index is 0.378. The van der Waals surface area contributed by atoms with Crippen molar-refractivity contribution in [2.24, 2.45) is 0 Å². The number of hydrogen-bond donors (Lipinski definition) is 0. The zero-order valence-electron chi connectivity index (χ0n) is 7.56. The normalized spacial score (nSPS) is 22.2. The number of benzene rings is 1. The molecule has 0 unspecified atom stereocenters. The Morgan fingerprint density at radius 1 is 0.846 bits per heavy atom. The lowest BCUT2D eigenvalue weighted by atomic mass is 10.4. The summed E-state index contributed by atoms with van der Waals surface area (Å²) in [6.45, 7) is 0. The molecule has 0 aromatic heterocycles. The summed E-state index contributed by atoms with van der Waals surface area (Å²) < 4.78 is 0. The minimum Gasteiger partial charge on any atom is -0.0712 e. The molecular formula is C10H13P3. The lowest BCUT2D eigenvalue weighted by molar-refractivity contribution is 1.75. The third-order valence-corrected chi connectivity index (χ3v) is 17.5. The van der Waals surface area contributed by atoms with Gasteiger partial charge in [0, 0.05) is 0 Å². The second kappa shape index (κ2) is 3.58. The van der Waals surface area contributed by atoms with E-state index in [2.05, 4.69) is 30.3 Å². The van der Waals surface area contributed by atoms with E-state index < -0.39 is 0 Å². The molecule has 3 rings (SSSR count). The first-order chi connectivity index (χ1) is 6.45. The van der Waals surface area contributed by atoms with Crippen LogP contribution in [0.15, 0.2) is 30.3 Å². The summed E-state index contributed by atoms with van der Waals surface area (Å²) in [5.41, 5.74) is 0. The summed E-state index contributed by atoms with van der Waals surface area (Å²) in [5, 5.41) is 1.73. The van der Waals surface area contributed by atoms with Gasteiger partial charge in [0.2, 0.25) is 0 Å². The molecule has 0 saturated carbocycles. The molecule has 0 nitrogen and oxygen atoms in total. The Bertz CT molecular complexity index is 278. The summed E-state index contributed by atoms with van der Waals surface area (Å²) >= 11 is 0. The molecule has 0 bridgehead atoms. The standard InChI is InChI=1S/C10H13P3/c1-2-4-10(5-3-1)13(11-6-7-11)12-8-9-12/h1-5H,6-9H2. The molecule has 1 aromatic rings. The van der Waals surface area contributed by atoms with Crippen LogP contribution in [0.25, 0.3) is 0 Å². The van der Waals surface area contributed by atoms with Gasteiger partial charge in [0.25, 0.3) is 0 Å². The van der Waals surface area contributed by atoms with Crippen molar-refractivity contribution < 1.29 is 0 Å². The van der Waals surface area contributed by atoms with Gasteiger partial charge in [0.05, 0.1) is 0 Å². The highest BCUT2D eigenvalue weighted by molar-refractivity contribution is 8.66. The monoisotopic (exact) mass is 226 g/mol. The zero-order chi connectivity index (χ0) is 8.67. The SMILES string of the molecule is c1ccc(P(P2CC2)P2CC2)cc1. The van der Waals surface area contributed by atoms with Gasteiger partial charge in [-0.15, -0.1) is 0 Å². The zero-order valence-corrected chi connectivity index (χ0v) is 10.2. The van der Waals surface area contributed by atoms with Crippen LogP contribution in [0.3, 0.4) is 0 Å². The van der Waals surface area contributed by atoms with Crippen LogP contribution in [0.5, 0.6) is 0 Å². The molecule has 0 N–H and O–H groups in total. The van der Waals surface area contributed by atoms with Crippen LogP contribution in [0.4, 0.5) is 0 Å². The van der Waals surface area contributed by atoms with Crippen molar-refractivity contribution in [1.29, 1.82) is 0 Å². The molecule has 0 spiro atoms. The molecule has 2 fully saturated rings. The van der Waals surface area contributed by atoms with Gasteiger partial charge in [-0.2, -0.15) is 0 Å². The molecule has 3 heteroatoms. The van der Waals surface area contributed by atoms with Crippen LogP contribution >= 0.6 is 22.5 Å². The Balaban J connectivity index is 1.87. The molecule has 13 heavy (non-hydrogen) atoms. The fourth-order valence-electron chi connectivity index (χ4n) is 1.54. The van der Waals surface area contributed by atoms with Crippen molar-refractivity contribution in [2.45, 2.75) is 0 Å². The van der Waals surface area contributed by atoms with Crippen LogP contribution in [0.1, 0.15) is 0 Å². The van der Waals surface area contributed by atoms with Gasteiger partial charge in [-0.05, 0) is 37.3 Å². The van der Waals surface area contributed by atoms with Crippen LogP contribution in [0, 0.1) is 0 Å². The van der Waals surface area contributed by atoms with E-state index in [9.17, 15) is 0 Å². The summed E-state index contributed by atoms with van der Waals surface area (Å²) in [4.78, 5) is 0. The van der Waals surface area contributed by atoms with Gasteiger partial charge in [-0.1, -0.05) is 45.6 Å². The molecule has 2 aliphatic rings. The highest BCUT2D eigenvalue weighted by Crippen LogP contribution is 2.95. The van der Waals surface area contributed by atoms with Crippen LogP contribution in [-0.2, 0) is 0 Å². The van der Waals surface area contributed by atoms with Crippen molar-refractivity contribution in [3.05, 3.63) is 30.3 Å². The first kappa shape index (κ1) is 8.79. The van der Waals surface area contributed by atoms with E-state index in [1.165, 1.54) is 0 Å². The van der Waals surface area contributed by atoms with E-state index in [4.69, 9.17) is 0 Å². The van der Waals surface area contributed by atoms with E-state index >= 15 is 0 Å². The molecule has 0 radical (unpaired) electrons. The predicted octanol–water partition coefficient (Wildman–Crippen LogP) is 3.61. The lowest BCUT2D eigenvalue weighted by Gasteiger charge is -2.16. The van der Waals surface area contributed by atoms with Gasteiger partial charge >= 0.3 is 0 Å². The average molecular weight is 226 g/mol. The number of hydrogen-bond acceptors (Lipinski definition) is 0. The first-order valence-electron chi connectivity index (χ1n) is 4.80. The second-order valence-electron chi connectivity index (χ2n) is 3.53. The maximum Gasteiger partial charge on any atom is -0.0154 e. The largest absolute Gasteiger partial charge is 0.0712 e. The van der Waals surface area contributed by atoms with Gasteiger partial charge in [0.1, 0.15) is 0 Å². The van der Waals surface area contributed by atoms with E-state index in [1.54, 1.807) is 30.0 Å². The van der Waals surface area contributed by atoms with Crippen molar-refractivity contribution in [3.8, 4) is 0 Å². The predicted molar refractivity (Wildman–Crippen MR) is 66.3 cm³/mol. The quantitative estimate of drug-likeness (QED) is 0.690. The fraction of sp³-hybridized carbons (Fsp3) is 0.400. The van der Waals surface area contributed by atoms with Crippen molar-refractivity contribution in [1.82, 2.24) is 0 Å². The molecule has 0 aliphatic carbocycles. The van der Waals surface area contributed by atoms with Crippen molar-refractivity contribution in [2.75, 3.05) is 24.6 Å². The molecule has 68 valence electrons. The Morgan fingerprint density at radius 2 is 1.38 bits per heavy atom. The summed E-state index contributed by atoms with van der Waals surface area (Å²) in [6.07, 6.45) is 6.37. The molecule has 1 aromatic carbocycles. The van der Waals surface area contributed by atoms with Gasteiger partial charge in [-0.25, -0.2) is 0 Å². The molecule has 2 aliphatic heterocycles. The minimum absolute atomic E-state index is 0.378. The summed E-state index contributed by atoms with van der Waals surface area (Å²) in [7, 11) is 1.43. The Morgan fingerprint density at radius 3 is 1.85 bits per heavy atom. The second-order valence-corrected chi connectivity index (χ2v) is 15.2. The summed E-state index contributed by atoms with van der Waals surface area (Å²) in [5.74, 6) is 0. The van der Waals surface area contributed by atoms with Crippen LogP contribution < -0.4 is 5.30 Å². The molecule has 2 heterocycles. The average Bonchev–Trinajstić information content (AvgIpc) is 3.00. The van der Waals surface area contributed by atoms with Crippen LogP contribution in [0.2, 0.25) is 0 Å². The highest BCUT2D eigenvalue weighted by Gasteiger charge is 2.41. The number of rotatable bonds is 3. The van der Waals surface area contributed by atoms with Crippen molar-refractivity contribution in [3.63, 3.8) is 0 Å². The maximum absolute atomic E-state index is 2.38. The summed E-state index contributed by atoms with van der Waals surface area (Å²) in [6, 6.07) is 11.4. The van der Waals surface area contributed by atoms with Crippen molar-refractivity contribution >= 4 is 27.8 Å². The fourth-order valence-corrected chi connectivity index (χ4v) is 18.6. The molecule has 2 saturated heterocycles. The van der Waals surface area contributed by atoms with E-state index in [0.29, 0.717) is 22.5 Å². The molecule has 0 atom stereocenters.